The van der Waals surface area contributed by atoms with Crippen molar-refractivity contribution >= 4 is 88.0 Å². The molecule has 2 heteroatoms. The zero-order valence-electron chi connectivity index (χ0n) is 36.1. The van der Waals surface area contributed by atoms with Gasteiger partial charge in [0, 0.05) is 32.9 Å². The molecule has 0 unspecified atom stereocenters. The second kappa shape index (κ2) is 14.6. The molecule has 0 radical (unpaired) electrons. The molecule has 0 saturated heterocycles. The summed E-state index contributed by atoms with van der Waals surface area (Å²) >= 11 is 0. The smallest absolute Gasteiger partial charge is 0.0569 e. The van der Waals surface area contributed by atoms with E-state index in [4.69, 9.17) is 0 Å². The number of fused-ring (bicyclic) bond motifs is 2. The lowest BCUT2D eigenvalue weighted by molar-refractivity contribution is 0.875. The molecule has 2 nitrogen and oxygen atoms in total. The van der Waals surface area contributed by atoms with E-state index in [0.29, 0.717) is 11.8 Å². The van der Waals surface area contributed by atoms with Crippen molar-refractivity contribution in [2.75, 3.05) is 9.80 Å². The molecule has 60 heavy (non-hydrogen) atoms. The topological polar surface area (TPSA) is 6.48 Å². The van der Waals surface area contributed by atoms with Crippen LogP contribution in [0.25, 0.3) is 53.9 Å². The van der Waals surface area contributed by atoms with Gasteiger partial charge in [0.1, 0.15) is 0 Å². The van der Waals surface area contributed by atoms with Crippen molar-refractivity contribution in [3.8, 4) is 0 Å². The molecule has 10 rings (SSSR count). The summed E-state index contributed by atoms with van der Waals surface area (Å²) in [4.78, 5) is 5.11. The van der Waals surface area contributed by atoms with Crippen molar-refractivity contribution < 1.29 is 0 Å². The van der Waals surface area contributed by atoms with Crippen LogP contribution in [0.1, 0.15) is 72.9 Å². The Balaban J connectivity index is 1.37. The van der Waals surface area contributed by atoms with Crippen LogP contribution < -0.4 is 9.80 Å². The Morgan fingerprint density at radius 2 is 0.717 bits per heavy atom. The first-order valence-electron chi connectivity index (χ1n) is 21.6. The quantitative estimate of drug-likeness (QED) is 0.142. The summed E-state index contributed by atoms with van der Waals surface area (Å²) in [5, 5.41) is 12.9. The molecule has 0 aromatic heterocycles. The molecular formula is C58H52N2. The number of nitrogens with zero attached hydrogens (tertiary/aromatic N) is 2. The largest absolute Gasteiger partial charge is 0.309 e. The molecule has 0 fully saturated rings. The van der Waals surface area contributed by atoms with Crippen LogP contribution in [0, 0.1) is 27.7 Å². The van der Waals surface area contributed by atoms with Crippen LogP contribution in [0.2, 0.25) is 0 Å². The van der Waals surface area contributed by atoms with Gasteiger partial charge >= 0.3 is 0 Å². The molecule has 0 aliphatic rings. The second-order valence-corrected chi connectivity index (χ2v) is 17.6. The Kier molecular flexibility index (Phi) is 9.14. The first kappa shape index (κ1) is 37.6. The summed E-state index contributed by atoms with van der Waals surface area (Å²) in [6, 6.07) is 59.5. The van der Waals surface area contributed by atoms with Crippen molar-refractivity contribution in [2.45, 2.75) is 67.2 Å². The lowest BCUT2D eigenvalue weighted by atomic mass is 9.83. The summed E-state index contributed by atoms with van der Waals surface area (Å²) in [7, 11) is 0. The first-order valence-corrected chi connectivity index (χ1v) is 21.6. The third-order valence-electron chi connectivity index (χ3n) is 12.8. The van der Waals surface area contributed by atoms with E-state index in [1.54, 1.807) is 0 Å². The van der Waals surface area contributed by atoms with Crippen LogP contribution in [-0.4, -0.2) is 0 Å². The molecule has 0 atom stereocenters. The van der Waals surface area contributed by atoms with Gasteiger partial charge in [0.15, 0.2) is 0 Å². The van der Waals surface area contributed by atoms with Gasteiger partial charge < -0.3 is 9.80 Å². The van der Waals surface area contributed by atoms with Crippen molar-refractivity contribution in [1.82, 2.24) is 0 Å². The van der Waals surface area contributed by atoms with Crippen LogP contribution in [0.4, 0.5) is 34.1 Å². The molecule has 10 aromatic rings. The molecule has 0 amide bonds. The summed E-state index contributed by atoms with van der Waals surface area (Å²) < 4.78 is 0. The van der Waals surface area contributed by atoms with Crippen LogP contribution in [0.15, 0.2) is 158 Å². The van der Waals surface area contributed by atoms with Gasteiger partial charge in [-0.3, -0.25) is 0 Å². The van der Waals surface area contributed by atoms with Crippen molar-refractivity contribution in [1.29, 1.82) is 0 Å². The lowest BCUT2D eigenvalue weighted by Crippen LogP contribution is -2.14. The minimum absolute atomic E-state index is 0.299. The Hall–Kier alpha value is -6.64. The van der Waals surface area contributed by atoms with Crippen molar-refractivity contribution in [2.24, 2.45) is 0 Å². The predicted octanol–water partition coefficient (Wildman–Crippen LogP) is 17.3. The van der Waals surface area contributed by atoms with Crippen molar-refractivity contribution in [3.63, 3.8) is 0 Å². The minimum atomic E-state index is 0.299. The molecule has 0 aliphatic carbocycles. The monoisotopic (exact) mass is 776 g/mol. The van der Waals surface area contributed by atoms with Gasteiger partial charge in [-0.05, 0) is 143 Å². The molecule has 0 saturated carbocycles. The summed E-state index contributed by atoms with van der Waals surface area (Å²) in [6.45, 7) is 18.3. The molecule has 10 aromatic carbocycles. The lowest BCUT2D eigenvalue weighted by Gasteiger charge is -2.33. The minimum Gasteiger partial charge on any atom is -0.309 e. The SMILES string of the molecule is Cc1ccc2ccc(C)c(N(c3ccccc3)c3cc(C(C)C)c4ccc5c(N(c6ccccc6)c6c(C)ccc7ccc(C)cc67)cc(C(C)C)c6ccc3c4c65)c2c1. The standard InChI is InChI=1S/C58H52N2/c1-35(2)49-33-53(59(43-15-11-9-12-16-43)57-39(7)21-25-41-23-19-37(5)31-51(41)57)47-30-28-46-50(36(3)4)34-54(48-29-27-45(49)55(47)56(46)48)60(44-17-13-10-14-18-44)58-40(8)22-26-42-24-20-38(6)32-52(42)58/h9-36H,1-8H3. The highest BCUT2D eigenvalue weighted by atomic mass is 15.2. The Bertz CT molecular complexity index is 3020. The van der Waals surface area contributed by atoms with Gasteiger partial charge in [-0.25, -0.2) is 0 Å². The average Bonchev–Trinajstić information content (AvgIpc) is 3.25. The average molecular weight is 777 g/mol. The highest BCUT2D eigenvalue weighted by Crippen LogP contribution is 2.53. The van der Waals surface area contributed by atoms with Gasteiger partial charge in [0.05, 0.1) is 22.7 Å². The predicted molar refractivity (Wildman–Crippen MR) is 262 cm³/mol. The number of para-hydroxylation sites is 2. The normalized spacial score (nSPS) is 12.0. The highest BCUT2D eigenvalue weighted by Gasteiger charge is 2.28. The van der Waals surface area contributed by atoms with Crippen LogP contribution in [-0.2, 0) is 0 Å². The van der Waals surface area contributed by atoms with Crippen molar-refractivity contribution in [3.05, 3.63) is 191 Å². The first-order chi connectivity index (χ1) is 29.1. The van der Waals surface area contributed by atoms with Gasteiger partial charge in [0.25, 0.3) is 0 Å². The Labute approximate surface area is 354 Å². The fourth-order valence-corrected chi connectivity index (χ4v) is 9.91. The van der Waals surface area contributed by atoms with Crippen LogP contribution in [0.5, 0.6) is 0 Å². The maximum Gasteiger partial charge on any atom is 0.0569 e. The van der Waals surface area contributed by atoms with E-state index in [9.17, 15) is 0 Å². The number of benzene rings is 10. The third-order valence-corrected chi connectivity index (χ3v) is 12.8. The van der Waals surface area contributed by atoms with E-state index in [-0.39, 0.29) is 0 Å². The van der Waals surface area contributed by atoms with E-state index in [1.165, 1.54) is 110 Å². The fraction of sp³-hybridized carbons (Fsp3) is 0.172. The third kappa shape index (κ3) is 6.00. The van der Waals surface area contributed by atoms with E-state index in [1.807, 2.05) is 0 Å². The molecule has 0 aliphatic heterocycles. The van der Waals surface area contributed by atoms with Gasteiger partial charge in [-0.15, -0.1) is 0 Å². The zero-order valence-corrected chi connectivity index (χ0v) is 36.1. The van der Waals surface area contributed by atoms with Crippen LogP contribution in [0.3, 0.4) is 0 Å². The number of anilines is 6. The Morgan fingerprint density at radius 1 is 0.350 bits per heavy atom. The van der Waals surface area contributed by atoms with E-state index in [2.05, 4.69) is 223 Å². The summed E-state index contributed by atoms with van der Waals surface area (Å²) in [6.07, 6.45) is 0. The van der Waals surface area contributed by atoms with E-state index >= 15 is 0 Å². The number of hydrogen-bond donors (Lipinski definition) is 0. The fourth-order valence-electron chi connectivity index (χ4n) is 9.91. The summed E-state index contributed by atoms with van der Waals surface area (Å²) in [5.41, 5.74) is 14.9. The van der Waals surface area contributed by atoms with Crippen LogP contribution >= 0.6 is 0 Å². The van der Waals surface area contributed by atoms with E-state index in [0.717, 1.165) is 11.4 Å². The number of hydrogen-bond acceptors (Lipinski definition) is 2. The molecule has 0 N–H and O–H groups in total. The maximum atomic E-state index is 2.55. The summed E-state index contributed by atoms with van der Waals surface area (Å²) in [5.74, 6) is 0.599. The molecule has 0 bridgehead atoms. The van der Waals surface area contributed by atoms with Gasteiger partial charge in [-0.2, -0.15) is 0 Å². The zero-order chi connectivity index (χ0) is 41.4. The maximum absolute atomic E-state index is 2.55. The second-order valence-electron chi connectivity index (χ2n) is 17.6. The molecular weight excluding hydrogens is 725 g/mol. The highest BCUT2D eigenvalue weighted by molar-refractivity contribution is 6.30. The van der Waals surface area contributed by atoms with Gasteiger partial charge in [-0.1, -0.05) is 148 Å². The van der Waals surface area contributed by atoms with Gasteiger partial charge in [0.2, 0.25) is 0 Å². The number of rotatable bonds is 8. The number of aryl methyl sites for hydroxylation is 4. The molecule has 0 spiro atoms. The molecule has 294 valence electrons. The van der Waals surface area contributed by atoms with E-state index < -0.39 is 0 Å². The molecule has 0 heterocycles. The Morgan fingerprint density at radius 3 is 1.10 bits per heavy atom.